The number of carbonyl (C=O) groups is 3. The van der Waals surface area contributed by atoms with Crippen LogP contribution in [0.3, 0.4) is 0 Å². The number of methoxy groups -OCH3 is 1. The molecule has 0 aliphatic heterocycles. The monoisotopic (exact) mass is 560 g/mol. The maximum atomic E-state index is 13.1. The number of aromatic amines is 1. The zero-order valence-corrected chi connectivity index (χ0v) is 24.3. The Kier molecular flexibility index (Phi) is 14.6. The molecule has 5 N–H and O–H groups in total. The molecule has 0 fully saturated rings. The van der Waals surface area contributed by atoms with Crippen LogP contribution < -0.4 is 16.4 Å². The molecule has 4 atom stereocenters. The first kappa shape index (κ1) is 32.3. The summed E-state index contributed by atoms with van der Waals surface area (Å²) >= 11 is 1.60. The molecule has 0 saturated carbocycles. The molecular weight excluding hydrogens is 516 g/mol. The van der Waals surface area contributed by atoms with E-state index in [9.17, 15) is 14.4 Å². The maximum Gasteiger partial charge on any atom is 0.328 e. The third-order valence-electron chi connectivity index (χ3n) is 6.79. The van der Waals surface area contributed by atoms with Gasteiger partial charge in [0.15, 0.2) is 0 Å². The molecule has 0 aliphatic rings. The molecule has 0 bridgehead atoms. The number of hydrogen-bond donors (Lipinski definition) is 4. The average Bonchev–Trinajstić information content (AvgIpc) is 3.46. The minimum atomic E-state index is -0.738. The van der Waals surface area contributed by atoms with Crippen molar-refractivity contribution >= 4 is 29.5 Å². The number of thioether (sulfide) groups is 1. The molecule has 0 spiro atoms. The van der Waals surface area contributed by atoms with Crippen LogP contribution in [0.25, 0.3) is 0 Å². The van der Waals surface area contributed by atoms with Crippen LogP contribution in [0.2, 0.25) is 0 Å². The number of hydrogen-bond acceptors (Lipinski definition) is 8. The first-order valence-electron chi connectivity index (χ1n) is 13.4. The van der Waals surface area contributed by atoms with Gasteiger partial charge in [0.25, 0.3) is 0 Å². The van der Waals surface area contributed by atoms with Gasteiger partial charge in [0.2, 0.25) is 11.8 Å². The van der Waals surface area contributed by atoms with Gasteiger partial charge in [0, 0.05) is 31.7 Å². The van der Waals surface area contributed by atoms with Gasteiger partial charge in [-0.25, -0.2) is 9.78 Å². The van der Waals surface area contributed by atoms with E-state index < -0.39 is 18.1 Å². The summed E-state index contributed by atoms with van der Waals surface area (Å²) in [5, 5.41) is 5.97. The third-order valence-corrected chi connectivity index (χ3v) is 7.44. The van der Waals surface area contributed by atoms with E-state index in [-0.39, 0.29) is 30.3 Å². The number of nitrogens with one attached hydrogen (secondary N) is 3. The molecule has 0 saturated heterocycles. The molecule has 2 amide bonds. The Balaban J connectivity index is 2.13. The van der Waals surface area contributed by atoms with E-state index in [4.69, 9.17) is 10.5 Å². The number of esters is 1. The molecule has 216 valence electrons. The van der Waals surface area contributed by atoms with E-state index in [0.29, 0.717) is 25.9 Å². The normalized spacial score (nSPS) is 14.3. The molecule has 39 heavy (non-hydrogen) atoms. The fourth-order valence-electron chi connectivity index (χ4n) is 4.18. The number of nitrogens with zero attached hydrogens (tertiary/aromatic N) is 2. The first-order valence-corrected chi connectivity index (χ1v) is 14.8. The van der Waals surface area contributed by atoms with Crippen LogP contribution in [0.15, 0.2) is 42.9 Å². The molecule has 10 nitrogen and oxygen atoms in total. The Labute approximate surface area is 236 Å². The van der Waals surface area contributed by atoms with Crippen molar-refractivity contribution < 1.29 is 19.1 Å². The van der Waals surface area contributed by atoms with E-state index >= 15 is 0 Å². The first-order chi connectivity index (χ1) is 18.8. The van der Waals surface area contributed by atoms with Gasteiger partial charge in [0.05, 0.1) is 31.7 Å². The highest BCUT2D eigenvalue weighted by Gasteiger charge is 2.27. The van der Waals surface area contributed by atoms with Gasteiger partial charge in [-0.2, -0.15) is 11.8 Å². The van der Waals surface area contributed by atoms with Crippen molar-refractivity contribution in [1.82, 2.24) is 25.5 Å². The van der Waals surface area contributed by atoms with Crippen LogP contribution in [0, 0.1) is 5.92 Å². The minimum absolute atomic E-state index is 0.0850. The summed E-state index contributed by atoms with van der Waals surface area (Å²) in [6.45, 7) is 5.30. The standard InChI is InChI=1S/C28H44N6O4S/c1-5-20(2)25(33-27(36)23(29)15-22-16-30-19-31-22)17-34(13-11-21-9-7-6-8-10-21)18-26(35)32-24(12-14-39-4)28(37)38-3/h6-10,16,19-20,23-25H,5,11-15,17-18,29H2,1-4H3,(H,30,31)(H,32,35)(H,33,36)/t20?,23-,24?,25?/m0/s1. The molecule has 1 aromatic heterocycles. The van der Waals surface area contributed by atoms with E-state index in [1.54, 1.807) is 24.3 Å². The summed E-state index contributed by atoms with van der Waals surface area (Å²) in [5.41, 5.74) is 8.07. The smallest absolute Gasteiger partial charge is 0.328 e. The molecule has 11 heteroatoms. The lowest BCUT2D eigenvalue weighted by Crippen LogP contribution is -2.54. The van der Waals surface area contributed by atoms with Crippen LogP contribution in [-0.4, -0.2) is 89.5 Å². The predicted molar refractivity (Wildman–Crippen MR) is 155 cm³/mol. The van der Waals surface area contributed by atoms with E-state index in [1.807, 2.05) is 29.4 Å². The number of imidazole rings is 1. The van der Waals surface area contributed by atoms with Crippen LogP contribution in [0.4, 0.5) is 0 Å². The fraction of sp³-hybridized carbons (Fsp3) is 0.571. The van der Waals surface area contributed by atoms with Gasteiger partial charge in [0.1, 0.15) is 6.04 Å². The number of amides is 2. The van der Waals surface area contributed by atoms with Gasteiger partial charge in [-0.3, -0.25) is 14.5 Å². The zero-order valence-electron chi connectivity index (χ0n) is 23.5. The fourth-order valence-corrected chi connectivity index (χ4v) is 4.65. The number of benzene rings is 1. The van der Waals surface area contributed by atoms with Crippen molar-refractivity contribution in [2.75, 3.05) is 38.8 Å². The molecule has 1 heterocycles. The minimum Gasteiger partial charge on any atom is -0.467 e. The van der Waals surface area contributed by atoms with Crippen molar-refractivity contribution in [3.8, 4) is 0 Å². The summed E-state index contributed by atoms with van der Waals surface area (Å²) in [7, 11) is 1.32. The Hall–Kier alpha value is -2.89. The molecule has 2 rings (SSSR count). The van der Waals surface area contributed by atoms with Gasteiger partial charge < -0.3 is 26.1 Å². The third kappa shape index (κ3) is 11.8. The zero-order chi connectivity index (χ0) is 28.6. The second-order valence-corrected chi connectivity index (χ2v) is 10.8. The molecule has 0 aliphatic carbocycles. The summed E-state index contributed by atoms with van der Waals surface area (Å²) in [5.74, 6) is -0.0944. The van der Waals surface area contributed by atoms with E-state index in [1.165, 1.54) is 7.11 Å². The van der Waals surface area contributed by atoms with Crippen LogP contribution >= 0.6 is 11.8 Å². The number of nitrogens with two attached hydrogens (primary N) is 1. The molecule has 2 aromatic rings. The number of aromatic nitrogens is 2. The molecule has 1 aromatic carbocycles. The summed E-state index contributed by atoms with van der Waals surface area (Å²) in [6.07, 6.45) is 7.63. The van der Waals surface area contributed by atoms with Gasteiger partial charge in [-0.05, 0) is 36.3 Å². The van der Waals surface area contributed by atoms with Crippen LogP contribution in [0.5, 0.6) is 0 Å². The Morgan fingerprint density at radius 3 is 2.56 bits per heavy atom. The summed E-state index contributed by atoms with van der Waals surface area (Å²) in [6, 6.07) is 8.39. The van der Waals surface area contributed by atoms with Crippen molar-refractivity contribution in [2.45, 2.75) is 57.7 Å². The van der Waals surface area contributed by atoms with Crippen LogP contribution in [0.1, 0.15) is 37.9 Å². The molecule has 0 radical (unpaired) electrons. The largest absolute Gasteiger partial charge is 0.467 e. The van der Waals surface area contributed by atoms with Gasteiger partial charge >= 0.3 is 5.97 Å². The number of H-pyrrole nitrogens is 1. The van der Waals surface area contributed by atoms with Crippen LogP contribution in [-0.2, 0) is 32.0 Å². The summed E-state index contributed by atoms with van der Waals surface area (Å²) < 4.78 is 4.89. The topological polar surface area (TPSA) is 142 Å². The summed E-state index contributed by atoms with van der Waals surface area (Å²) in [4.78, 5) is 47.4. The highest BCUT2D eigenvalue weighted by Crippen LogP contribution is 2.12. The van der Waals surface area contributed by atoms with Gasteiger partial charge in [-0.1, -0.05) is 50.6 Å². The van der Waals surface area contributed by atoms with Crippen molar-refractivity contribution in [1.29, 1.82) is 0 Å². The Bertz CT molecular complexity index is 991. The SMILES string of the molecule is CCC(C)C(CN(CCc1ccccc1)CC(=O)NC(CCSC)C(=O)OC)NC(=O)[C@@H](N)Cc1c[nH]cn1. The number of carbonyl (C=O) groups excluding carboxylic acids is 3. The quantitative estimate of drug-likeness (QED) is 0.202. The second-order valence-electron chi connectivity index (χ2n) is 9.77. The number of rotatable bonds is 18. The molecule has 3 unspecified atom stereocenters. The lowest BCUT2D eigenvalue weighted by atomic mass is 9.97. The highest BCUT2D eigenvalue weighted by molar-refractivity contribution is 7.98. The maximum absolute atomic E-state index is 13.1. The van der Waals surface area contributed by atoms with Crippen molar-refractivity contribution in [3.63, 3.8) is 0 Å². The van der Waals surface area contributed by atoms with Crippen molar-refractivity contribution in [2.24, 2.45) is 11.7 Å². The molecular formula is C28H44N6O4S. The lowest BCUT2D eigenvalue weighted by molar-refractivity contribution is -0.145. The number of ether oxygens (including phenoxy) is 1. The van der Waals surface area contributed by atoms with Gasteiger partial charge in [-0.15, -0.1) is 0 Å². The second kappa shape index (κ2) is 17.6. The predicted octanol–water partition coefficient (Wildman–Crippen LogP) is 1.77. The van der Waals surface area contributed by atoms with Crippen molar-refractivity contribution in [3.05, 3.63) is 54.1 Å². The van der Waals surface area contributed by atoms with E-state index in [0.717, 1.165) is 29.9 Å². The van der Waals surface area contributed by atoms with E-state index in [2.05, 4.69) is 46.6 Å². The Morgan fingerprint density at radius 2 is 1.95 bits per heavy atom. The Morgan fingerprint density at radius 1 is 1.21 bits per heavy atom. The average molecular weight is 561 g/mol. The lowest BCUT2D eigenvalue weighted by Gasteiger charge is -2.32. The highest BCUT2D eigenvalue weighted by atomic mass is 32.2.